The Bertz CT molecular complexity index is 510. The van der Waals surface area contributed by atoms with Crippen molar-refractivity contribution in [1.82, 2.24) is 9.97 Å². The zero-order chi connectivity index (χ0) is 12.3. The lowest BCUT2D eigenvalue weighted by Crippen LogP contribution is -2.20. The fraction of sp³-hybridized carbons (Fsp3) is 0.231. The van der Waals surface area contributed by atoms with E-state index < -0.39 is 0 Å². The van der Waals surface area contributed by atoms with Gasteiger partial charge in [-0.05, 0) is 24.6 Å². The van der Waals surface area contributed by atoms with Crippen LogP contribution in [0.25, 0.3) is 0 Å². The molecule has 2 N–H and O–H groups in total. The summed E-state index contributed by atoms with van der Waals surface area (Å²) in [6, 6.07) is 9.72. The van der Waals surface area contributed by atoms with Gasteiger partial charge in [-0.2, -0.15) is 0 Å². The van der Waals surface area contributed by atoms with Crippen LogP contribution in [-0.2, 0) is 6.54 Å². The van der Waals surface area contributed by atoms with Gasteiger partial charge in [0.2, 0.25) is 5.95 Å². The third-order valence-electron chi connectivity index (χ3n) is 2.59. The number of benzene rings is 1. The van der Waals surface area contributed by atoms with Crippen molar-refractivity contribution in [2.75, 3.05) is 17.7 Å². The van der Waals surface area contributed by atoms with Crippen LogP contribution in [0, 0.1) is 6.92 Å². The molecule has 0 bridgehead atoms. The SMILES string of the molecule is Cc1ccnc(N(C)Cc2ccccc2N)n1. The number of hydrogen-bond donors (Lipinski definition) is 1. The molecule has 0 radical (unpaired) electrons. The average Bonchev–Trinajstić information content (AvgIpc) is 2.32. The van der Waals surface area contributed by atoms with E-state index in [1.165, 1.54) is 0 Å². The summed E-state index contributed by atoms with van der Waals surface area (Å²) < 4.78 is 0. The molecule has 2 rings (SSSR count). The van der Waals surface area contributed by atoms with E-state index in [4.69, 9.17) is 5.73 Å². The van der Waals surface area contributed by atoms with E-state index in [-0.39, 0.29) is 0 Å². The number of aromatic nitrogens is 2. The fourth-order valence-corrected chi connectivity index (χ4v) is 1.62. The van der Waals surface area contributed by atoms with Crippen LogP contribution >= 0.6 is 0 Å². The zero-order valence-electron chi connectivity index (χ0n) is 10.1. The maximum atomic E-state index is 5.91. The average molecular weight is 228 g/mol. The Morgan fingerprint density at radius 1 is 1.24 bits per heavy atom. The van der Waals surface area contributed by atoms with Crippen LogP contribution in [0.1, 0.15) is 11.3 Å². The van der Waals surface area contributed by atoms with Crippen LogP contribution in [0.2, 0.25) is 0 Å². The summed E-state index contributed by atoms with van der Waals surface area (Å²) in [7, 11) is 1.96. The highest BCUT2D eigenvalue weighted by atomic mass is 15.2. The first-order valence-electron chi connectivity index (χ1n) is 5.51. The van der Waals surface area contributed by atoms with Gasteiger partial charge in [-0.15, -0.1) is 0 Å². The second-order valence-corrected chi connectivity index (χ2v) is 4.05. The number of anilines is 2. The van der Waals surface area contributed by atoms with Crippen molar-refractivity contribution in [2.24, 2.45) is 0 Å². The van der Waals surface area contributed by atoms with E-state index in [2.05, 4.69) is 9.97 Å². The minimum absolute atomic E-state index is 0.704. The zero-order valence-corrected chi connectivity index (χ0v) is 10.1. The van der Waals surface area contributed by atoms with E-state index in [0.717, 1.165) is 16.9 Å². The summed E-state index contributed by atoms with van der Waals surface area (Å²) in [5, 5.41) is 0. The van der Waals surface area contributed by atoms with Crippen molar-refractivity contribution in [3.63, 3.8) is 0 Å². The van der Waals surface area contributed by atoms with E-state index in [1.807, 2.05) is 49.2 Å². The van der Waals surface area contributed by atoms with Gasteiger partial charge in [0.15, 0.2) is 0 Å². The molecule has 0 unspecified atom stereocenters. The standard InChI is InChI=1S/C13H16N4/c1-10-7-8-15-13(16-10)17(2)9-11-5-3-4-6-12(11)14/h3-8H,9,14H2,1-2H3. The lowest BCUT2D eigenvalue weighted by atomic mass is 10.2. The number of aryl methyl sites for hydroxylation is 1. The van der Waals surface area contributed by atoms with Gasteiger partial charge >= 0.3 is 0 Å². The van der Waals surface area contributed by atoms with Crippen molar-refractivity contribution < 1.29 is 0 Å². The van der Waals surface area contributed by atoms with Gasteiger partial charge in [-0.25, -0.2) is 9.97 Å². The smallest absolute Gasteiger partial charge is 0.225 e. The molecule has 0 spiro atoms. The lowest BCUT2D eigenvalue weighted by molar-refractivity contribution is 0.861. The number of rotatable bonds is 3. The second-order valence-electron chi connectivity index (χ2n) is 4.05. The first-order chi connectivity index (χ1) is 8.16. The van der Waals surface area contributed by atoms with Crippen molar-refractivity contribution in [2.45, 2.75) is 13.5 Å². The first-order valence-corrected chi connectivity index (χ1v) is 5.51. The summed E-state index contributed by atoms with van der Waals surface area (Å²) in [6.07, 6.45) is 1.77. The number of para-hydroxylation sites is 1. The largest absolute Gasteiger partial charge is 0.398 e. The van der Waals surface area contributed by atoms with E-state index in [9.17, 15) is 0 Å². The molecule has 2 aromatic rings. The summed E-state index contributed by atoms with van der Waals surface area (Å²) in [4.78, 5) is 10.6. The molecular formula is C13H16N4. The highest BCUT2D eigenvalue weighted by Gasteiger charge is 2.06. The number of nitrogens with two attached hydrogens (primary N) is 1. The van der Waals surface area contributed by atoms with Gasteiger partial charge in [0, 0.05) is 31.2 Å². The van der Waals surface area contributed by atoms with E-state index >= 15 is 0 Å². The van der Waals surface area contributed by atoms with Crippen molar-refractivity contribution in [3.05, 3.63) is 47.8 Å². The second kappa shape index (κ2) is 4.82. The van der Waals surface area contributed by atoms with Crippen molar-refractivity contribution in [3.8, 4) is 0 Å². The lowest BCUT2D eigenvalue weighted by Gasteiger charge is -2.18. The highest BCUT2D eigenvalue weighted by Crippen LogP contribution is 2.15. The normalized spacial score (nSPS) is 10.2. The molecule has 0 aliphatic heterocycles. The minimum Gasteiger partial charge on any atom is -0.398 e. The number of hydrogen-bond acceptors (Lipinski definition) is 4. The Labute approximate surface area is 101 Å². The number of nitrogen functional groups attached to an aromatic ring is 1. The molecule has 0 saturated carbocycles. The maximum Gasteiger partial charge on any atom is 0.225 e. The molecule has 4 nitrogen and oxygen atoms in total. The summed E-state index contributed by atoms with van der Waals surface area (Å²) >= 11 is 0. The topological polar surface area (TPSA) is 55.0 Å². The fourth-order valence-electron chi connectivity index (χ4n) is 1.62. The molecule has 0 amide bonds. The van der Waals surface area contributed by atoms with Gasteiger partial charge in [-0.3, -0.25) is 0 Å². The predicted octanol–water partition coefficient (Wildman–Crippen LogP) is 2.00. The molecule has 0 saturated heterocycles. The highest BCUT2D eigenvalue weighted by molar-refractivity contribution is 5.48. The summed E-state index contributed by atoms with van der Waals surface area (Å²) in [6.45, 7) is 2.66. The van der Waals surface area contributed by atoms with E-state index in [1.54, 1.807) is 6.20 Å². The quantitative estimate of drug-likeness (QED) is 0.816. The Hall–Kier alpha value is -2.10. The maximum absolute atomic E-state index is 5.91. The van der Waals surface area contributed by atoms with Crippen LogP contribution in [0.3, 0.4) is 0 Å². The first kappa shape index (κ1) is 11.4. The molecule has 0 atom stereocenters. The van der Waals surface area contributed by atoms with Gasteiger partial charge in [0.25, 0.3) is 0 Å². The molecule has 1 aromatic carbocycles. The molecule has 1 aromatic heterocycles. The van der Waals surface area contributed by atoms with Crippen LogP contribution in [0.5, 0.6) is 0 Å². The third kappa shape index (κ3) is 2.72. The molecule has 88 valence electrons. The van der Waals surface area contributed by atoms with E-state index in [0.29, 0.717) is 12.5 Å². The molecule has 0 fully saturated rings. The van der Waals surface area contributed by atoms with Gasteiger partial charge in [0.05, 0.1) is 0 Å². The third-order valence-corrected chi connectivity index (χ3v) is 2.59. The number of nitrogens with zero attached hydrogens (tertiary/aromatic N) is 3. The Morgan fingerprint density at radius 3 is 2.71 bits per heavy atom. The Balaban J connectivity index is 2.17. The monoisotopic (exact) mass is 228 g/mol. The predicted molar refractivity (Wildman–Crippen MR) is 69.7 cm³/mol. The Kier molecular flexibility index (Phi) is 3.23. The van der Waals surface area contributed by atoms with Crippen LogP contribution < -0.4 is 10.6 Å². The van der Waals surface area contributed by atoms with Crippen LogP contribution in [-0.4, -0.2) is 17.0 Å². The van der Waals surface area contributed by atoms with Crippen molar-refractivity contribution in [1.29, 1.82) is 0 Å². The summed E-state index contributed by atoms with van der Waals surface area (Å²) in [5.74, 6) is 0.716. The molecule has 17 heavy (non-hydrogen) atoms. The van der Waals surface area contributed by atoms with Crippen molar-refractivity contribution >= 4 is 11.6 Å². The molecule has 4 heteroatoms. The summed E-state index contributed by atoms with van der Waals surface area (Å²) in [5.41, 5.74) is 8.75. The Morgan fingerprint density at radius 2 is 2.00 bits per heavy atom. The molecular weight excluding hydrogens is 212 g/mol. The molecule has 1 heterocycles. The van der Waals surface area contributed by atoms with Crippen LogP contribution in [0.15, 0.2) is 36.5 Å². The molecule has 0 aliphatic carbocycles. The molecule has 0 aliphatic rings. The minimum atomic E-state index is 0.704. The van der Waals surface area contributed by atoms with Gasteiger partial charge < -0.3 is 10.6 Å². The van der Waals surface area contributed by atoms with Crippen LogP contribution in [0.4, 0.5) is 11.6 Å². The van der Waals surface area contributed by atoms with Gasteiger partial charge in [-0.1, -0.05) is 18.2 Å². The van der Waals surface area contributed by atoms with Gasteiger partial charge in [0.1, 0.15) is 0 Å².